The van der Waals surface area contributed by atoms with Crippen molar-refractivity contribution in [2.45, 2.75) is 13.5 Å². The fourth-order valence-electron chi connectivity index (χ4n) is 1.77. The zero-order chi connectivity index (χ0) is 14.7. The Morgan fingerprint density at radius 1 is 1.60 bits per heavy atom. The van der Waals surface area contributed by atoms with Gasteiger partial charge in [-0.3, -0.25) is 4.79 Å². The van der Waals surface area contributed by atoms with Gasteiger partial charge in [-0.05, 0) is 19.1 Å². The van der Waals surface area contributed by atoms with Gasteiger partial charge in [-0.1, -0.05) is 6.58 Å². The van der Waals surface area contributed by atoms with Gasteiger partial charge in [0.2, 0.25) is 5.91 Å². The zero-order valence-corrected chi connectivity index (χ0v) is 11.1. The lowest BCUT2D eigenvalue weighted by Gasteiger charge is -2.11. The molecule has 0 spiro atoms. The van der Waals surface area contributed by atoms with E-state index in [0.29, 0.717) is 17.8 Å². The van der Waals surface area contributed by atoms with Crippen molar-refractivity contribution in [3.8, 4) is 0 Å². The van der Waals surface area contributed by atoms with Crippen LogP contribution in [0.3, 0.4) is 0 Å². The minimum Gasteiger partial charge on any atom is -0.381 e. The van der Waals surface area contributed by atoms with Gasteiger partial charge in [0.25, 0.3) is 0 Å². The molecule has 0 aliphatic heterocycles. The molecule has 2 aromatic rings. The summed E-state index contributed by atoms with van der Waals surface area (Å²) in [5.41, 5.74) is 7.19. The molecule has 1 aromatic heterocycles. The summed E-state index contributed by atoms with van der Waals surface area (Å²) < 4.78 is 15.3. The van der Waals surface area contributed by atoms with Crippen LogP contribution in [0, 0.1) is 12.7 Å². The normalized spacial score (nSPS) is 10.3. The summed E-state index contributed by atoms with van der Waals surface area (Å²) in [6.45, 7) is 5.69. The van der Waals surface area contributed by atoms with Crippen molar-refractivity contribution in [3.05, 3.63) is 53.6 Å². The largest absolute Gasteiger partial charge is 0.381 e. The van der Waals surface area contributed by atoms with Gasteiger partial charge >= 0.3 is 0 Å². The summed E-state index contributed by atoms with van der Waals surface area (Å²) in [5.74, 6) is -1.13. The molecule has 0 aliphatic carbocycles. The molecule has 0 saturated heterocycles. The van der Waals surface area contributed by atoms with E-state index in [1.54, 1.807) is 36.3 Å². The van der Waals surface area contributed by atoms with Gasteiger partial charge in [-0.2, -0.15) is 5.10 Å². The number of hydrogen-bond donors (Lipinski definition) is 2. The van der Waals surface area contributed by atoms with Crippen LogP contribution in [0.4, 0.5) is 10.1 Å². The second kappa shape index (κ2) is 5.56. The summed E-state index contributed by atoms with van der Waals surface area (Å²) in [6, 6.07) is 2.68. The van der Waals surface area contributed by atoms with Crippen molar-refractivity contribution in [1.29, 1.82) is 0 Å². The van der Waals surface area contributed by atoms with Crippen LogP contribution in [0.5, 0.6) is 0 Å². The van der Waals surface area contributed by atoms with E-state index >= 15 is 0 Å². The smallest absolute Gasteiger partial charge is 0.248 e. The molecule has 0 radical (unpaired) electrons. The lowest BCUT2D eigenvalue weighted by Crippen LogP contribution is -2.13. The maximum atomic E-state index is 13.7. The topological polar surface area (TPSA) is 72.9 Å². The number of amides is 1. The number of carbonyl (C=O) groups excluding carboxylic acids is 1. The van der Waals surface area contributed by atoms with Gasteiger partial charge in [0, 0.05) is 41.3 Å². The van der Waals surface area contributed by atoms with Gasteiger partial charge in [0.1, 0.15) is 5.82 Å². The van der Waals surface area contributed by atoms with Gasteiger partial charge in [-0.25, -0.2) is 9.07 Å². The number of primary amides is 1. The number of carbonyl (C=O) groups is 1. The fraction of sp³-hybridized carbons (Fsp3) is 0.143. The van der Waals surface area contributed by atoms with E-state index in [0.717, 1.165) is 11.6 Å². The Morgan fingerprint density at radius 3 is 2.95 bits per heavy atom. The van der Waals surface area contributed by atoms with Crippen LogP contribution >= 0.6 is 0 Å². The highest BCUT2D eigenvalue weighted by Gasteiger charge is 2.10. The molecule has 6 heteroatoms. The van der Waals surface area contributed by atoms with E-state index in [2.05, 4.69) is 17.0 Å². The number of nitrogens with zero attached hydrogens (tertiary/aromatic N) is 2. The molecule has 1 aromatic carbocycles. The van der Waals surface area contributed by atoms with Gasteiger partial charge in [0.15, 0.2) is 0 Å². The molecular formula is C14H15FN4O. The predicted octanol–water partition coefficient (Wildman–Crippen LogP) is 2.14. The molecule has 20 heavy (non-hydrogen) atoms. The van der Waals surface area contributed by atoms with Crippen molar-refractivity contribution >= 4 is 17.8 Å². The Labute approximate surface area is 115 Å². The molecule has 0 atom stereocenters. The first kappa shape index (κ1) is 13.8. The van der Waals surface area contributed by atoms with Crippen LogP contribution in [0.2, 0.25) is 0 Å². The average Bonchev–Trinajstić information content (AvgIpc) is 2.88. The van der Waals surface area contributed by atoms with Gasteiger partial charge < -0.3 is 11.1 Å². The van der Waals surface area contributed by atoms with E-state index in [9.17, 15) is 9.18 Å². The van der Waals surface area contributed by atoms with Gasteiger partial charge in [0.05, 0.1) is 6.20 Å². The van der Waals surface area contributed by atoms with E-state index in [1.807, 2.05) is 0 Å². The number of rotatable bonds is 5. The minimum atomic E-state index is -0.661. The number of anilines is 1. The number of nitrogens with one attached hydrogen (secondary N) is 1. The maximum absolute atomic E-state index is 13.7. The lowest BCUT2D eigenvalue weighted by molar-refractivity contribution is 0.1000. The van der Waals surface area contributed by atoms with Crippen molar-refractivity contribution in [3.63, 3.8) is 0 Å². The highest BCUT2D eigenvalue weighted by Crippen LogP contribution is 2.21. The SMILES string of the molecule is C=Cn1cc(CNc2cc(C(N)=O)cc(F)c2C)cn1. The van der Waals surface area contributed by atoms with E-state index in [-0.39, 0.29) is 5.56 Å². The molecule has 5 nitrogen and oxygen atoms in total. The molecule has 0 bridgehead atoms. The van der Waals surface area contributed by atoms with Crippen LogP contribution < -0.4 is 11.1 Å². The van der Waals surface area contributed by atoms with E-state index < -0.39 is 11.7 Å². The Bertz CT molecular complexity index is 663. The third kappa shape index (κ3) is 2.85. The highest BCUT2D eigenvalue weighted by molar-refractivity contribution is 5.94. The summed E-state index contributed by atoms with van der Waals surface area (Å²) >= 11 is 0. The molecule has 0 saturated carbocycles. The summed E-state index contributed by atoms with van der Waals surface area (Å²) in [6.07, 6.45) is 5.05. The standard InChI is InChI=1S/C14H15FN4O/c1-3-19-8-10(7-18-19)6-17-13-5-11(14(16)20)4-12(15)9(13)2/h3-5,7-8,17H,1,6H2,2H3,(H2,16,20). The highest BCUT2D eigenvalue weighted by atomic mass is 19.1. The van der Waals surface area contributed by atoms with Crippen LogP contribution in [-0.4, -0.2) is 15.7 Å². The Balaban J connectivity index is 2.20. The molecule has 104 valence electrons. The number of benzene rings is 1. The molecule has 0 aliphatic rings. The van der Waals surface area contributed by atoms with Crippen molar-refractivity contribution in [1.82, 2.24) is 9.78 Å². The summed E-state index contributed by atoms with van der Waals surface area (Å²) in [7, 11) is 0. The molecular weight excluding hydrogens is 259 g/mol. The molecule has 3 N–H and O–H groups in total. The fourth-order valence-corrected chi connectivity index (χ4v) is 1.77. The Kier molecular flexibility index (Phi) is 3.84. The average molecular weight is 274 g/mol. The minimum absolute atomic E-state index is 0.136. The van der Waals surface area contributed by atoms with E-state index in [4.69, 9.17) is 5.73 Å². The monoisotopic (exact) mass is 274 g/mol. The number of nitrogens with two attached hydrogens (primary N) is 1. The first-order valence-corrected chi connectivity index (χ1v) is 6.00. The van der Waals surface area contributed by atoms with E-state index in [1.165, 1.54) is 0 Å². The Hall–Kier alpha value is -2.63. The number of halogens is 1. The summed E-state index contributed by atoms with van der Waals surface area (Å²) in [5, 5.41) is 7.11. The first-order valence-electron chi connectivity index (χ1n) is 6.00. The second-order valence-corrected chi connectivity index (χ2v) is 4.36. The lowest BCUT2D eigenvalue weighted by atomic mass is 10.1. The quantitative estimate of drug-likeness (QED) is 0.877. The Morgan fingerprint density at radius 2 is 2.35 bits per heavy atom. The summed E-state index contributed by atoms with van der Waals surface area (Å²) in [4.78, 5) is 11.1. The molecule has 0 fully saturated rings. The molecule has 1 amide bonds. The van der Waals surface area contributed by atoms with Crippen LogP contribution in [0.1, 0.15) is 21.5 Å². The predicted molar refractivity (Wildman–Crippen MR) is 75.6 cm³/mol. The third-order valence-corrected chi connectivity index (χ3v) is 2.95. The first-order chi connectivity index (χ1) is 9.51. The van der Waals surface area contributed by atoms with Crippen molar-refractivity contribution in [2.75, 3.05) is 5.32 Å². The zero-order valence-electron chi connectivity index (χ0n) is 11.1. The van der Waals surface area contributed by atoms with Crippen molar-refractivity contribution in [2.24, 2.45) is 5.73 Å². The maximum Gasteiger partial charge on any atom is 0.248 e. The second-order valence-electron chi connectivity index (χ2n) is 4.36. The van der Waals surface area contributed by atoms with Crippen LogP contribution in [0.25, 0.3) is 6.20 Å². The van der Waals surface area contributed by atoms with Gasteiger partial charge in [-0.15, -0.1) is 0 Å². The number of aromatic nitrogens is 2. The molecule has 0 unspecified atom stereocenters. The number of hydrogen-bond acceptors (Lipinski definition) is 3. The third-order valence-electron chi connectivity index (χ3n) is 2.95. The molecule has 2 rings (SSSR count). The van der Waals surface area contributed by atoms with Crippen molar-refractivity contribution < 1.29 is 9.18 Å². The molecule has 1 heterocycles. The van der Waals surface area contributed by atoms with Crippen LogP contribution in [0.15, 0.2) is 31.1 Å². The van der Waals surface area contributed by atoms with Crippen LogP contribution in [-0.2, 0) is 6.54 Å².